The summed E-state index contributed by atoms with van der Waals surface area (Å²) in [7, 11) is 0. The van der Waals surface area contributed by atoms with E-state index in [9.17, 15) is 18.4 Å². The third-order valence-electron chi connectivity index (χ3n) is 4.13. The summed E-state index contributed by atoms with van der Waals surface area (Å²) in [5, 5.41) is 0. The fourth-order valence-corrected chi connectivity index (χ4v) is 2.84. The van der Waals surface area contributed by atoms with E-state index >= 15 is 0 Å². The van der Waals surface area contributed by atoms with E-state index in [1.807, 2.05) is 0 Å². The molecule has 0 radical (unpaired) electrons. The van der Waals surface area contributed by atoms with Crippen LogP contribution in [0.15, 0.2) is 47.1 Å². The number of carbonyl (C=O) groups is 2. The molecule has 0 spiro atoms. The lowest BCUT2D eigenvalue weighted by Gasteiger charge is -2.21. The fourth-order valence-electron chi connectivity index (χ4n) is 2.84. The molecule has 0 atom stereocenters. The first-order valence-electron chi connectivity index (χ1n) is 8.21. The Kier molecular flexibility index (Phi) is 5.50. The number of carbonyl (C=O) groups excluding carboxylic acids is 2. The summed E-state index contributed by atoms with van der Waals surface area (Å²) in [6.07, 6.45) is 2.09. The minimum atomic E-state index is -2.90. The zero-order valence-electron chi connectivity index (χ0n) is 13.9. The number of alkyl halides is 2. The lowest BCUT2D eigenvalue weighted by Crippen LogP contribution is -2.37. The van der Waals surface area contributed by atoms with Crippen LogP contribution in [0.2, 0.25) is 0 Å². The van der Waals surface area contributed by atoms with Crippen LogP contribution in [-0.4, -0.2) is 54.4 Å². The molecule has 0 saturated carbocycles. The van der Waals surface area contributed by atoms with Crippen molar-refractivity contribution in [3.8, 4) is 5.75 Å². The van der Waals surface area contributed by atoms with Crippen molar-refractivity contribution in [1.82, 2.24) is 9.80 Å². The second-order valence-corrected chi connectivity index (χ2v) is 5.82. The Morgan fingerprint density at radius 2 is 1.62 bits per heavy atom. The van der Waals surface area contributed by atoms with Crippen molar-refractivity contribution in [3.05, 3.63) is 54.0 Å². The number of furan rings is 1. The normalized spacial score (nSPS) is 15.0. The fraction of sp³-hybridized carbons (Fsp3) is 0.333. The molecule has 0 bridgehead atoms. The van der Waals surface area contributed by atoms with Crippen LogP contribution in [0, 0.1) is 0 Å². The summed E-state index contributed by atoms with van der Waals surface area (Å²) in [6.45, 7) is -1.07. The molecule has 26 heavy (non-hydrogen) atoms. The van der Waals surface area contributed by atoms with Crippen LogP contribution in [0.3, 0.4) is 0 Å². The van der Waals surface area contributed by atoms with Crippen molar-refractivity contribution in [3.63, 3.8) is 0 Å². The van der Waals surface area contributed by atoms with Crippen LogP contribution in [0.25, 0.3) is 0 Å². The second kappa shape index (κ2) is 7.99. The molecule has 3 rings (SSSR count). The Morgan fingerprint density at radius 1 is 0.962 bits per heavy atom. The van der Waals surface area contributed by atoms with Crippen molar-refractivity contribution >= 4 is 11.8 Å². The van der Waals surface area contributed by atoms with Gasteiger partial charge in [-0.25, -0.2) is 0 Å². The van der Waals surface area contributed by atoms with E-state index < -0.39 is 6.61 Å². The Labute approximate surface area is 148 Å². The molecule has 2 aromatic rings. The topological polar surface area (TPSA) is 63.0 Å². The van der Waals surface area contributed by atoms with Gasteiger partial charge in [-0.05, 0) is 42.8 Å². The summed E-state index contributed by atoms with van der Waals surface area (Å²) < 4.78 is 33.8. The standard InChI is InChI=1S/C18H18F2N2O4/c19-18(20)26-14-6-4-13(5-7-14)16(23)21-8-2-9-22(11-10-21)17(24)15-3-1-12-25-15/h1,3-7,12,18H,2,8-11H2. The van der Waals surface area contributed by atoms with E-state index in [1.165, 1.54) is 30.5 Å². The van der Waals surface area contributed by atoms with Gasteiger partial charge in [-0.2, -0.15) is 8.78 Å². The van der Waals surface area contributed by atoms with Gasteiger partial charge in [-0.1, -0.05) is 0 Å². The molecule has 0 N–H and O–H groups in total. The molecule has 2 amide bonds. The number of rotatable bonds is 4. The van der Waals surface area contributed by atoms with E-state index in [2.05, 4.69) is 4.74 Å². The molecule has 1 aromatic heterocycles. The van der Waals surface area contributed by atoms with Crippen LogP contribution in [0.5, 0.6) is 5.75 Å². The Morgan fingerprint density at radius 3 is 2.19 bits per heavy atom. The zero-order valence-corrected chi connectivity index (χ0v) is 13.9. The van der Waals surface area contributed by atoms with Gasteiger partial charge in [-0.3, -0.25) is 9.59 Å². The number of hydrogen-bond acceptors (Lipinski definition) is 4. The molecule has 1 aliphatic rings. The highest BCUT2D eigenvalue weighted by Crippen LogP contribution is 2.17. The molecule has 1 saturated heterocycles. The van der Waals surface area contributed by atoms with Crippen molar-refractivity contribution in [1.29, 1.82) is 0 Å². The van der Waals surface area contributed by atoms with Gasteiger partial charge in [-0.15, -0.1) is 0 Å². The van der Waals surface area contributed by atoms with E-state index in [0.29, 0.717) is 38.2 Å². The highest BCUT2D eigenvalue weighted by atomic mass is 19.3. The molecule has 2 heterocycles. The quantitative estimate of drug-likeness (QED) is 0.837. The first-order chi connectivity index (χ1) is 12.5. The van der Waals surface area contributed by atoms with Crippen LogP contribution in [0.4, 0.5) is 8.78 Å². The van der Waals surface area contributed by atoms with Crippen molar-refractivity contribution in [2.24, 2.45) is 0 Å². The smallest absolute Gasteiger partial charge is 0.387 e. The van der Waals surface area contributed by atoms with Crippen LogP contribution in [0.1, 0.15) is 27.3 Å². The summed E-state index contributed by atoms with van der Waals surface area (Å²) >= 11 is 0. The first-order valence-corrected chi connectivity index (χ1v) is 8.21. The van der Waals surface area contributed by atoms with Gasteiger partial charge < -0.3 is 19.0 Å². The van der Waals surface area contributed by atoms with E-state index in [-0.39, 0.29) is 23.3 Å². The number of ether oxygens (including phenoxy) is 1. The van der Waals surface area contributed by atoms with E-state index in [0.717, 1.165) is 0 Å². The molecule has 1 fully saturated rings. The molecule has 0 unspecified atom stereocenters. The van der Waals surface area contributed by atoms with Gasteiger partial charge in [0.05, 0.1) is 6.26 Å². The minimum absolute atomic E-state index is 0.00244. The van der Waals surface area contributed by atoms with Crippen molar-refractivity contribution in [2.75, 3.05) is 26.2 Å². The van der Waals surface area contributed by atoms with Gasteiger partial charge >= 0.3 is 6.61 Å². The molecule has 8 heteroatoms. The van der Waals surface area contributed by atoms with Crippen LogP contribution < -0.4 is 4.74 Å². The third-order valence-corrected chi connectivity index (χ3v) is 4.13. The van der Waals surface area contributed by atoms with Crippen LogP contribution in [-0.2, 0) is 0 Å². The van der Waals surface area contributed by atoms with Gasteiger partial charge in [0.1, 0.15) is 5.75 Å². The predicted molar refractivity (Wildman–Crippen MR) is 88.2 cm³/mol. The van der Waals surface area contributed by atoms with E-state index in [4.69, 9.17) is 4.42 Å². The highest BCUT2D eigenvalue weighted by Gasteiger charge is 2.24. The van der Waals surface area contributed by atoms with Crippen molar-refractivity contribution in [2.45, 2.75) is 13.0 Å². The molecule has 6 nitrogen and oxygen atoms in total. The number of halogens is 2. The first kappa shape index (κ1) is 17.9. The maximum atomic E-state index is 12.6. The average Bonchev–Trinajstić information content (AvgIpc) is 3.05. The molecule has 1 aromatic carbocycles. The summed E-state index contributed by atoms with van der Waals surface area (Å²) in [5.41, 5.74) is 0.387. The Hall–Kier alpha value is -2.90. The lowest BCUT2D eigenvalue weighted by molar-refractivity contribution is -0.0498. The summed E-state index contributed by atoms with van der Waals surface area (Å²) in [5.74, 6) is -0.124. The van der Waals surface area contributed by atoms with Gasteiger partial charge in [0.15, 0.2) is 5.76 Å². The largest absolute Gasteiger partial charge is 0.459 e. The summed E-state index contributed by atoms with van der Waals surface area (Å²) in [6, 6.07) is 8.85. The predicted octanol–water partition coefficient (Wildman–Crippen LogP) is 2.87. The number of hydrogen-bond donors (Lipinski definition) is 0. The van der Waals surface area contributed by atoms with Gasteiger partial charge in [0.25, 0.3) is 11.8 Å². The SMILES string of the molecule is O=C(c1ccc(OC(F)F)cc1)N1CCCN(C(=O)c2ccco2)CC1. The maximum absolute atomic E-state index is 12.6. The highest BCUT2D eigenvalue weighted by molar-refractivity contribution is 5.94. The molecular weight excluding hydrogens is 346 g/mol. The van der Waals surface area contributed by atoms with Crippen LogP contribution >= 0.6 is 0 Å². The van der Waals surface area contributed by atoms with Crippen molar-refractivity contribution < 1.29 is 27.5 Å². The number of nitrogens with zero attached hydrogens (tertiary/aromatic N) is 2. The minimum Gasteiger partial charge on any atom is -0.459 e. The van der Waals surface area contributed by atoms with E-state index in [1.54, 1.807) is 21.9 Å². The molecule has 138 valence electrons. The molecular formula is C18H18F2N2O4. The Bertz CT molecular complexity index is 747. The lowest BCUT2D eigenvalue weighted by atomic mass is 10.2. The molecule has 0 aliphatic carbocycles. The third kappa shape index (κ3) is 4.19. The maximum Gasteiger partial charge on any atom is 0.387 e. The summed E-state index contributed by atoms with van der Waals surface area (Å²) in [4.78, 5) is 28.3. The van der Waals surface area contributed by atoms with Gasteiger partial charge in [0, 0.05) is 31.7 Å². The second-order valence-electron chi connectivity index (χ2n) is 5.82. The number of amides is 2. The molecule has 1 aliphatic heterocycles. The number of benzene rings is 1. The zero-order chi connectivity index (χ0) is 18.5. The van der Waals surface area contributed by atoms with Gasteiger partial charge in [0.2, 0.25) is 0 Å². The average molecular weight is 364 g/mol. The monoisotopic (exact) mass is 364 g/mol. The Balaban J connectivity index is 1.61.